The molecule has 18 heavy (non-hydrogen) atoms. The van der Waals surface area contributed by atoms with Crippen LogP contribution in [0.15, 0.2) is 0 Å². The SMILES string of the molecule is CC(C)(C)OC(=O)CCN1CCC[C@@H](C(=O)[O-])C1. The number of carbonyl (C=O) groups is 2. The van der Waals surface area contributed by atoms with Gasteiger partial charge >= 0.3 is 5.97 Å². The molecule has 0 aromatic carbocycles. The number of likely N-dealkylation sites (tertiary alicyclic amines) is 1. The van der Waals surface area contributed by atoms with Gasteiger partial charge in [0.1, 0.15) is 5.60 Å². The molecular formula is C13H22NO4-. The number of rotatable bonds is 4. The third-order valence-electron chi connectivity index (χ3n) is 2.89. The predicted molar refractivity (Wildman–Crippen MR) is 64.6 cm³/mol. The van der Waals surface area contributed by atoms with E-state index < -0.39 is 17.5 Å². The van der Waals surface area contributed by atoms with Crippen molar-refractivity contribution in [2.75, 3.05) is 19.6 Å². The number of carbonyl (C=O) groups excluding carboxylic acids is 2. The molecule has 5 nitrogen and oxygen atoms in total. The lowest BCUT2D eigenvalue weighted by Gasteiger charge is -2.33. The van der Waals surface area contributed by atoms with Gasteiger partial charge in [-0.3, -0.25) is 4.79 Å². The molecule has 1 saturated heterocycles. The van der Waals surface area contributed by atoms with Crippen molar-refractivity contribution < 1.29 is 19.4 Å². The maximum Gasteiger partial charge on any atom is 0.307 e. The normalized spacial score (nSPS) is 21.6. The van der Waals surface area contributed by atoms with Crippen LogP contribution in [0.2, 0.25) is 0 Å². The number of piperidine rings is 1. The molecule has 1 fully saturated rings. The summed E-state index contributed by atoms with van der Waals surface area (Å²) in [5, 5.41) is 10.8. The Morgan fingerprint density at radius 2 is 2.06 bits per heavy atom. The molecule has 0 aliphatic carbocycles. The number of ether oxygens (including phenoxy) is 1. The van der Waals surface area contributed by atoms with Crippen molar-refractivity contribution in [1.29, 1.82) is 0 Å². The van der Waals surface area contributed by atoms with Gasteiger partial charge in [0, 0.05) is 25.0 Å². The zero-order valence-electron chi connectivity index (χ0n) is 11.4. The average molecular weight is 256 g/mol. The van der Waals surface area contributed by atoms with Crippen LogP contribution in [0.25, 0.3) is 0 Å². The van der Waals surface area contributed by atoms with Crippen molar-refractivity contribution in [3.05, 3.63) is 0 Å². The summed E-state index contributed by atoms with van der Waals surface area (Å²) < 4.78 is 5.21. The van der Waals surface area contributed by atoms with Crippen molar-refractivity contribution >= 4 is 11.9 Å². The third kappa shape index (κ3) is 5.49. The Labute approximate surface area is 108 Å². The summed E-state index contributed by atoms with van der Waals surface area (Å²) in [5.74, 6) is -1.63. The van der Waals surface area contributed by atoms with Crippen LogP contribution in [0, 0.1) is 5.92 Å². The summed E-state index contributed by atoms with van der Waals surface area (Å²) in [6.07, 6.45) is 1.81. The van der Waals surface area contributed by atoms with Crippen molar-refractivity contribution in [2.45, 2.75) is 45.6 Å². The second kappa shape index (κ2) is 6.18. The highest BCUT2D eigenvalue weighted by atomic mass is 16.6. The number of aliphatic carboxylic acids is 1. The standard InChI is InChI=1S/C13H23NO4/c1-13(2,3)18-11(15)6-8-14-7-4-5-10(9-14)12(16)17/h10H,4-9H2,1-3H3,(H,16,17)/p-1/t10-/m1/s1. The number of esters is 1. The van der Waals surface area contributed by atoms with E-state index in [1.54, 1.807) is 0 Å². The van der Waals surface area contributed by atoms with E-state index in [0.29, 0.717) is 25.9 Å². The zero-order chi connectivity index (χ0) is 13.8. The second-order valence-corrected chi connectivity index (χ2v) is 5.80. The summed E-state index contributed by atoms with van der Waals surface area (Å²) in [5.41, 5.74) is -0.466. The number of carboxylic acids is 1. The van der Waals surface area contributed by atoms with Crippen LogP contribution < -0.4 is 5.11 Å². The van der Waals surface area contributed by atoms with Crippen molar-refractivity contribution in [3.8, 4) is 0 Å². The minimum absolute atomic E-state index is 0.238. The first kappa shape index (κ1) is 15.0. The van der Waals surface area contributed by atoms with Crippen LogP contribution in [0.4, 0.5) is 0 Å². The molecule has 0 radical (unpaired) electrons. The fourth-order valence-electron chi connectivity index (χ4n) is 2.09. The maximum absolute atomic E-state index is 11.5. The zero-order valence-corrected chi connectivity index (χ0v) is 11.4. The largest absolute Gasteiger partial charge is 0.550 e. The molecule has 0 bridgehead atoms. The molecule has 0 spiro atoms. The van der Waals surface area contributed by atoms with E-state index in [1.165, 1.54) is 0 Å². The first-order chi connectivity index (χ1) is 8.28. The first-order valence-electron chi connectivity index (χ1n) is 6.43. The van der Waals surface area contributed by atoms with E-state index in [9.17, 15) is 14.7 Å². The molecule has 0 N–H and O–H groups in total. The van der Waals surface area contributed by atoms with E-state index in [1.807, 2.05) is 25.7 Å². The third-order valence-corrected chi connectivity index (χ3v) is 2.89. The van der Waals surface area contributed by atoms with Crippen LogP contribution in [-0.2, 0) is 14.3 Å². The van der Waals surface area contributed by atoms with Gasteiger partial charge in [-0.2, -0.15) is 0 Å². The van der Waals surface area contributed by atoms with Crippen LogP contribution >= 0.6 is 0 Å². The van der Waals surface area contributed by atoms with Crippen LogP contribution in [0.5, 0.6) is 0 Å². The lowest BCUT2D eigenvalue weighted by Crippen LogP contribution is -2.44. The molecular weight excluding hydrogens is 234 g/mol. The Bertz CT molecular complexity index is 309. The average Bonchev–Trinajstić information content (AvgIpc) is 2.24. The van der Waals surface area contributed by atoms with Crippen LogP contribution in [0.1, 0.15) is 40.0 Å². The van der Waals surface area contributed by atoms with E-state index in [2.05, 4.69) is 0 Å². The lowest BCUT2D eigenvalue weighted by atomic mass is 9.98. The van der Waals surface area contributed by atoms with Crippen molar-refractivity contribution in [3.63, 3.8) is 0 Å². The minimum Gasteiger partial charge on any atom is -0.550 e. The molecule has 5 heteroatoms. The Hall–Kier alpha value is -1.10. The van der Waals surface area contributed by atoms with Gasteiger partial charge in [0.05, 0.1) is 6.42 Å². The first-order valence-corrected chi connectivity index (χ1v) is 6.43. The minimum atomic E-state index is -0.989. The molecule has 0 saturated carbocycles. The summed E-state index contributed by atoms with van der Waals surface area (Å²) in [6, 6.07) is 0. The van der Waals surface area contributed by atoms with Gasteiger partial charge in [-0.1, -0.05) is 0 Å². The van der Waals surface area contributed by atoms with Gasteiger partial charge in [0.2, 0.25) is 0 Å². The molecule has 0 unspecified atom stereocenters. The fraction of sp³-hybridized carbons (Fsp3) is 0.846. The Kier molecular flexibility index (Phi) is 5.14. The monoisotopic (exact) mass is 256 g/mol. The molecule has 1 atom stereocenters. The number of hydrogen-bond donors (Lipinski definition) is 0. The summed E-state index contributed by atoms with van der Waals surface area (Å²) in [6.45, 7) is 7.37. The van der Waals surface area contributed by atoms with Crippen molar-refractivity contribution in [1.82, 2.24) is 4.90 Å². The molecule has 104 valence electrons. The Morgan fingerprint density at radius 1 is 1.39 bits per heavy atom. The summed E-state index contributed by atoms with van der Waals surface area (Å²) in [7, 11) is 0. The Morgan fingerprint density at radius 3 is 2.61 bits per heavy atom. The number of hydrogen-bond acceptors (Lipinski definition) is 5. The molecule has 1 rings (SSSR count). The highest BCUT2D eigenvalue weighted by Gasteiger charge is 2.22. The van der Waals surface area contributed by atoms with E-state index >= 15 is 0 Å². The van der Waals surface area contributed by atoms with Gasteiger partial charge in [-0.05, 0) is 40.2 Å². The van der Waals surface area contributed by atoms with Crippen molar-refractivity contribution in [2.24, 2.45) is 5.92 Å². The van der Waals surface area contributed by atoms with Gasteiger partial charge in [-0.15, -0.1) is 0 Å². The van der Waals surface area contributed by atoms with Crippen LogP contribution in [-0.4, -0.2) is 42.1 Å². The molecule has 1 aliphatic heterocycles. The maximum atomic E-state index is 11.5. The van der Waals surface area contributed by atoms with E-state index in [-0.39, 0.29) is 5.97 Å². The molecule has 1 aliphatic rings. The molecule has 0 aromatic heterocycles. The lowest BCUT2D eigenvalue weighted by molar-refractivity contribution is -0.312. The van der Waals surface area contributed by atoms with Gasteiger partial charge in [0.15, 0.2) is 0 Å². The summed E-state index contributed by atoms with van der Waals surface area (Å²) >= 11 is 0. The van der Waals surface area contributed by atoms with E-state index in [4.69, 9.17) is 4.74 Å². The number of nitrogens with zero attached hydrogens (tertiary/aromatic N) is 1. The molecule has 1 heterocycles. The topological polar surface area (TPSA) is 69.7 Å². The van der Waals surface area contributed by atoms with Crippen LogP contribution in [0.3, 0.4) is 0 Å². The predicted octanol–water partition coefficient (Wildman–Crippen LogP) is 0.180. The highest BCUT2D eigenvalue weighted by Crippen LogP contribution is 2.16. The van der Waals surface area contributed by atoms with E-state index in [0.717, 1.165) is 13.0 Å². The smallest absolute Gasteiger partial charge is 0.307 e. The fourth-order valence-corrected chi connectivity index (χ4v) is 2.09. The quantitative estimate of drug-likeness (QED) is 0.671. The Balaban J connectivity index is 2.31. The van der Waals surface area contributed by atoms with Gasteiger partial charge in [0.25, 0.3) is 0 Å². The van der Waals surface area contributed by atoms with Gasteiger partial charge in [-0.25, -0.2) is 0 Å². The molecule has 0 amide bonds. The second-order valence-electron chi connectivity index (χ2n) is 5.80. The molecule has 0 aromatic rings. The van der Waals surface area contributed by atoms with Gasteiger partial charge < -0.3 is 19.5 Å². The highest BCUT2D eigenvalue weighted by molar-refractivity contribution is 5.70. The summed E-state index contributed by atoms with van der Waals surface area (Å²) in [4.78, 5) is 24.3. The number of carboxylic acid groups (broad SMARTS) is 1.